The molecule has 5 heteroatoms. The molecule has 0 unspecified atom stereocenters. The van der Waals surface area contributed by atoms with Crippen LogP contribution in [0.5, 0.6) is 0 Å². The van der Waals surface area contributed by atoms with Crippen LogP contribution in [0.2, 0.25) is 0 Å². The minimum Gasteiger partial charge on any atom is -0.481 e. The zero-order chi connectivity index (χ0) is 14.7. The van der Waals surface area contributed by atoms with Crippen LogP contribution < -0.4 is 0 Å². The number of hydrogen-bond acceptors (Lipinski definition) is 2. The van der Waals surface area contributed by atoms with E-state index in [4.69, 9.17) is 5.11 Å². The molecule has 1 heterocycles. The number of carbonyl (C=O) groups is 2. The van der Waals surface area contributed by atoms with E-state index in [0.717, 1.165) is 10.9 Å². The largest absolute Gasteiger partial charge is 0.481 e. The lowest BCUT2D eigenvalue weighted by atomic mass is 10.2. The molecular formula is C15H18N2O3. The van der Waals surface area contributed by atoms with Crippen molar-refractivity contribution in [3.8, 4) is 0 Å². The van der Waals surface area contributed by atoms with Gasteiger partial charge >= 0.3 is 5.97 Å². The van der Waals surface area contributed by atoms with E-state index in [1.54, 1.807) is 11.0 Å². The summed E-state index contributed by atoms with van der Waals surface area (Å²) in [5, 5.41) is 9.74. The van der Waals surface area contributed by atoms with Crippen LogP contribution >= 0.6 is 0 Å². The summed E-state index contributed by atoms with van der Waals surface area (Å²) < 4.78 is 0. The summed E-state index contributed by atoms with van der Waals surface area (Å²) in [6.07, 6.45) is -0.0514. The number of para-hydroxylation sites is 1. The smallest absolute Gasteiger partial charge is 0.305 e. The molecule has 0 atom stereocenters. The number of aromatic amines is 1. The minimum absolute atomic E-state index is 0.0479. The number of rotatable bonds is 5. The minimum atomic E-state index is -0.903. The Kier molecular flexibility index (Phi) is 4.08. The molecule has 1 amide bonds. The molecular weight excluding hydrogens is 256 g/mol. The number of carboxylic acids is 1. The molecule has 0 aliphatic carbocycles. The predicted molar refractivity (Wildman–Crippen MR) is 76.7 cm³/mol. The zero-order valence-corrected chi connectivity index (χ0v) is 11.6. The maximum Gasteiger partial charge on any atom is 0.305 e. The lowest BCUT2D eigenvalue weighted by Crippen LogP contribution is -2.38. The Balaban J connectivity index is 2.24. The third kappa shape index (κ3) is 2.99. The van der Waals surface area contributed by atoms with Crippen molar-refractivity contribution in [3.05, 3.63) is 36.0 Å². The third-order valence-electron chi connectivity index (χ3n) is 3.21. The van der Waals surface area contributed by atoms with E-state index in [1.807, 2.05) is 38.1 Å². The van der Waals surface area contributed by atoms with Gasteiger partial charge in [0.1, 0.15) is 5.69 Å². The van der Waals surface area contributed by atoms with Gasteiger partial charge < -0.3 is 15.0 Å². The zero-order valence-electron chi connectivity index (χ0n) is 11.6. The SMILES string of the molecule is CC(C)N(CCC(=O)O)C(=O)c1cc2ccccc2[nH]1. The van der Waals surface area contributed by atoms with E-state index >= 15 is 0 Å². The summed E-state index contributed by atoms with van der Waals surface area (Å²) in [6, 6.07) is 9.40. The quantitative estimate of drug-likeness (QED) is 0.879. The lowest BCUT2D eigenvalue weighted by molar-refractivity contribution is -0.137. The normalized spacial score (nSPS) is 10.9. The van der Waals surface area contributed by atoms with Gasteiger partial charge in [0, 0.05) is 23.5 Å². The highest BCUT2D eigenvalue weighted by molar-refractivity contribution is 5.98. The Hall–Kier alpha value is -2.30. The first-order valence-corrected chi connectivity index (χ1v) is 6.59. The standard InChI is InChI=1S/C15H18N2O3/c1-10(2)17(8-7-14(18)19)15(20)13-9-11-5-3-4-6-12(11)16-13/h3-6,9-10,16H,7-8H2,1-2H3,(H,18,19). The number of aromatic nitrogens is 1. The number of H-pyrrole nitrogens is 1. The van der Waals surface area contributed by atoms with Crippen molar-refractivity contribution < 1.29 is 14.7 Å². The fraction of sp³-hybridized carbons (Fsp3) is 0.333. The Morgan fingerprint density at radius 3 is 2.60 bits per heavy atom. The van der Waals surface area contributed by atoms with Crippen LogP contribution in [0.15, 0.2) is 30.3 Å². The first kappa shape index (κ1) is 14.1. The van der Waals surface area contributed by atoms with Crippen molar-refractivity contribution in [2.45, 2.75) is 26.3 Å². The van der Waals surface area contributed by atoms with Crippen LogP contribution in [-0.4, -0.2) is 39.5 Å². The van der Waals surface area contributed by atoms with Crippen molar-refractivity contribution in [1.82, 2.24) is 9.88 Å². The number of nitrogens with zero attached hydrogens (tertiary/aromatic N) is 1. The molecule has 20 heavy (non-hydrogen) atoms. The van der Waals surface area contributed by atoms with Crippen LogP contribution in [0, 0.1) is 0 Å². The number of hydrogen-bond donors (Lipinski definition) is 2. The molecule has 5 nitrogen and oxygen atoms in total. The second-order valence-corrected chi connectivity index (χ2v) is 5.01. The van der Waals surface area contributed by atoms with Crippen LogP contribution in [0.1, 0.15) is 30.8 Å². The van der Waals surface area contributed by atoms with Gasteiger partial charge in [-0.1, -0.05) is 18.2 Å². The number of nitrogens with one attached hydrogen (secondary N) is 1. The highest BCUT2D eigenvalue weighted by Crippen LogP contribution is 2.17. The highest BCUT2D eigenvalue weighted by atomic mass is 16.4. The summed E-state index contributed by atoms with van der Waals surface area (Å²) in [4.78, 5) is 27.8. The molecule has 2 rings (SSSR count). The highest BCUT2D eigenvalue weighted by Gasteiger charge is 2.21. The lowest BCUT2D eigenvalue weighted by Gasteiger charge is -2.25. The first-order chi connectivity index (χ1) is 9.49. The second-order valence-electron chi connectivity index (χ2n) is 5.01. The summed E-state index contributed by atoms with van der Waals surface area (Å²) in [6.45, 7) is 3.96. The summed E-state index contributed by atoms with van der Waals surface area (Å²) >= 11 is 0. The monoisotopic (exact) mass is 274 g/mol. The fourth-order valence-corrected chi connectivity index (χ4v) is 2.15. The number of fused-ring (bicyclic) bond motifs is 1. The Morgan fingerprint density at radius 2 is 2.00 bits per heavy atom. The number of carbonyl (C=O) groups excluding carboxylic acids is 1. The van der Waals surface area contributed by atoms with E-state index in [2.05, 4.69) is 4.98 Å². The van der Waals surface area contributed by atoms with Gasteiger partial charge in [0.05, 0.1) is 6.42 Å². The molecule has 0 spiro atoms. The molecule has 1 aromatic heterocycles. The molecule has 2 aromatic rings. The number of benzene rings is 1. The molecule has 0 aliphatic rings. The van der Waals surface area contributed by atoms with Gasteiger partial charge in [-0.05, 0) is 26.0 Å². The molecule has 0 fully saturated rings. The van der Waals surface area contributed by atoms with Crippen molar-refractivity contribution in [3.63, 3.8) is 0 Å². The van der Waals surface area contributed by atoms with Crippen molar-refractivity contribution in [2.24, 2.45) is 0 Å². The Morgan fingerprint density at radius 1 is 1.30 bits per heavy atom. The number of aliphatic carboxylic acids is 1. The van der Waals surface area contributed by atoms with Crippen LogP contribution in [0.4, 0.5) is 0 Å². The molecule has 2 N–H and O–H groups in total. The maximum absolute atomic E-state index is 12.5. The fourth-order valence-electron chi connectivity index (χ4n) is 2.15. The van der Waals surface area contributed by atoms with Gasteiger partial charge in [0.25, 0.3) is 5.91 Å². The van der Waals surface area contributed by atoms with Gasteiger partial charge in [-0.3, -0.25) is 9.59 Å². The van der Waals surface area contributed by atoms with Gasteiger partial charge in [0.2, 0.25) is 0 Å². The topological polar surface area (TPSA) is 73.4 Å². The second kappa shape index (κ2) is 5.77. The van der Waals surface area contributed by atoms with Crippen molar-refractivity contribution >= 4 is 22.8 Å². The molecule has 0 radical (unpaired) electrons. The molecule has 0 saturated carbocycles. The molecule has 0 aliphatic heterocycles. The van der Waals surface area contributed by atoms with Gasteiger partial charge in [-0.15, -0.1) is 0 Å². The first-order valence-electron chi connectivity index (χ1n) is 6.59. The van der Waals surface area contributed by atoms with E-state index in [1.165, 1.54) is 0 Å². The van der Waals surface area contributed by atoms with Crippen molar-refractivity contribution in [2.75, 3.05) is 6.54 Å². The van der Waals surface area contributed by atoms with E-state index < -0.39 is 5.97 Å². The summed E-state index contributed by atoms with van der Waals surface area (Å²) in [7, 11) is 0. The maximum atomic E-state index is 12.5. The van der Waals surface area contributed by atoms with Gasteiger partial charge in [0.15, 0.2) is 0 Å². The van der Waals surface area contributed by atoms with Crippen LogP contribution in [-0.2, 0) is 4.79 Å². The summed E-state index contributed by atoms with van der Waals surface area (Å²) in [5.74, 6) is -1.07. The summed E-state index contributed by atoms with van der Waals surface area (Å²) in [5.41, 5.74) is 1.39. The molecule has 106 valence electrons. The van der Waals surface area contributed by atoms with Gasteiger partial charge in [-0.25, -0.2) is 0 Å². The third-order valence-corrected chi connectivity index (χ3v) is 3.21. The van der Waals surface area contributed by atoms with Gasteiger partial charge in [-0.2, -0.15) is 0 Å². The van der Waals surface area contributed by atoms with E-state index in [0.29, 0.717) is 5.69 Å². The predicted octanol–water partition coefficient (Wildman–Crippen LogP) is 2.49. The number of carboxylic acid groups (broad SMARTS) is 1. The average molecular weight is 274 g/mol. The van der Waals surface area contributed by atoms with Crippen molar-refractivity contribution in [1.29, 1.82) is 0 Å². The molecule has 0 saturated heterocycles. The Labute approximate surface area is 117 Å². The molecule has 0 bridgehead atoms. The average Bonchev–Trinajstić information content (AvgIpc) is 2.81. The molecule has 1 aromatic carbocycles. The Bertz CT molecular complexity index is 598. The van der Waals surface area contributed by atoms with E-state index in [-0.39, 0.29) is 24.9 Å². The van der Waals surface area contributed by atoms with E-state index in [9.17, 15) is 9.59 Å². The van der Waals surface area contributed by atoms with Crippen LogP contribution in [0.3, 0.4) is 0 Å². The number of amides is 1. The van der Waals surface area contributed by atoms with Crippen LogP contribution in [0.25, 0.3) is 10.9 Å².